The van der Waals surface area contributed by atoms with Gasteiger partial charge in [-0.3, -0.25) is 0 Å². The molecular weight excluding hydrogens is 474 g/mol. The van der Waals surface area contributed by atoms with Crippen LogP contribution in [0, 0.1) is 0 Å². The van der Waals surface area contributed by atoms with Crippen molar-refractivity contribution in [1.29, 1.82) is 0 Å². The van der Waals surface area contributed by atoms with Crippen molar-refractivity contribution >= 4 is 0 Å². The predicted octanol–water partition coefficient (Wildman–Crippen LogP) is 9.26. The third kappa shape index (κ3) is 5.38. The van der Waals surface area contributed by atoms with Crippen LogP contribution in [0.1, 0.15) is 52.7 Å². The van der Waals surface area contributed by atoms with Crippen LogP contribution in [0.2, 0.25) is 0 Å². The molecule has 2 heteroatoms. The number of hydrogen-bond donors (Lipinski definition) is 1. The van der Waals surface area contributed by atoms with E-state index in [-0.39, 0.29) is 10.8 Å². The highest BCUT2D eigenvalue weighted by Gasteiger charge is 2.32. The molecule has 5 rings (SSSR count). The van der Waals surface area contributed by atoms with Crippen molar-refractivity contribution in [2.45, 2.75) is 52.4 Å². The zero-order valence-electron chi connectivity index (χ0n) is 23.9. The summed E-state index contributed by atoms with van der Waals surface area (Å²) >= 11 is 0. The molecule has 1 heterocycles. The van der Waals surface area contributed by atoms with E-state index in [1.807, 2.05) is 0 Å². The van der Waals surface area contributed by atoms with E-state index in [0.29, 0.717) is 5.75 Å². The predicted molar refractivity (Wildman–Crippen MR) is 163 cm³/mol. The molecule has 0 saturated heterocycles. The standard InChI is InChI=1S/C37H37NO/c1-36(2,3)31-24-30(25-32(35(31)39)37(4,5)6)38-33(27-18-12-8-13-19-27)22-29(26-16-10-7-11-17-26)23-34(38)28-20-14-9-15-21-28/h7-25H,1-6H3/p+1. The van der Waals surface area contributed by atoms with Crippen LogP contribution in [0.4, 0.5) is 0 Å². The minimum absolute atomic E-state index is 0.232. The average Bonchev–Trinajstić information content (AvgIpc) is 2.93. The number of aromatic nitrogens is 1. The normalized spacial score (nSPS) is 11.9. The molecule has 39 heavy (non-hydrogen) atoms. The molecule has 1 aromatic heterocycles. The summed E-state index contributed by atoms with van der Waals surface area (Å²) < 4.78 is 2.36. The smallest absolute Gasteiger partial charge is 0.219 e. The monoisotopic (exact) mass is 512 g/mol. The first-order valence-electron chi connectivity index (χ1n) is 13.7. The van der Waals surface area contributed by atoms with Crippen molar-refractivity contribution in [2.24, 2.45) is 0 Å². The first-order chi connectivity index (χ1) is 18.5. The number of benzene rings is 4. The fraction of sp³-hybridized carbons (Fsp3) is 0.216. The number of aromatic hydroxyl groups is 1. The summed E-state index contributed by atoms with van der Waals surface area (Å²) in [5, 5.41) is 11.5. The lowest BCUT2D eigenvalue weighted by Gasteiger charge is -2.27. The van der Waals surface area contributed by atoms with Gasteiger partial charge in [-0.1, -0.05) is 108 Å². The molecule has 2 nitrogen and oxygen atoms in total. The summed E-state index contributed by atoms with van der Waals surface area (Å²) in [6.07, 6.45) is 0. The molecule has 0 aliphatic heterocycles. The highest BCUT2D eigenvalue weighted by molar-refractivity contribution is 5.74. The second-order valence-electron chi connectivity index (χ2n) is 12.3. The van der Waals surface area contributed by atoms with Gasteiger partial charge in [0.15, 0.2) is 0 Å². The van der Waals surface area contributed by atoms with Gasteiger partial charge in [0.1, 0.15) is 5.75 Å². The van der Waals surface area contributed by atoms with Crippen LogP contribution in [0.25, 0.3) is 39.3 Å². The Balaban J connectivity index is 1.95. The zero-order valence-corrected chi connectivity index (χ0v) is 23.9. The SMILES string of the molecule is CC(C)(C)c1cc(-[n+]2c(-c3ccccc3)cc(-c3ccccc3)cc2-c2ccccc2)cc(C(C)(C)C)c1O. The lowest BCUT2D eigenvalue weighted by Crippen LogP contribution is -2.37. The van der Waals surface area contributed by atoms with Crippen LogP contribution in [0.15, 0.2) is 115 Å². The molecule has 0 spiro atoms. The van der Waals surface area contributed by atoms with Crippen molar-refractivity contribution in [3.8, 4) is 45.1 Å². The summed E-state index contributed by atoms with van der Waals surface area (Å²) in [4.78, 5) is 0. The Morgan fingerprint density at radius 1 is 0.462 bits per heavy atom. The van der Waals surface area contributed by atoms with Gasteiger partial charge in [0.05, 0.1) is 0 Å². The average molecular weight is 513 g/mol. The van der Waals surface area contributed by atoms with Gasteiger partial charge in [0, 0.05) is 46.5 Å². The van der Waals surface area contributed by atoms with Crippen molar-refractivity contribution in [3.05, 3.63) is 126 Å². The largest absolute Gasteiger partial charge is 0.507 e. The van der Waals surface area contributed by atoms with Gasteiger partial charge >= 0.3 is 0 Å². The van der Waals surface area contributed by atoms with E-state index in [1.54, 1.807) is 0 Å². The first-order valence-corrected chi connectivity index (χ1v) is 13.7. The van der Waals surface area contributed by atoms with Gasteiger partial charge in [0.25, 0.3) is 0 Å². The molecule has 0 aliphatic rings. The number of pyridine rings is 1. The van der Waals surface area contributed by atoms with Crippen LogP contribution in [-0.4, -0.2) is 5.11 Å². The summed E-state index contributed by atoms with van der Waals surface area (Å²) in [7, 11) is 0. The summed E-state index contributed by atoms with van der Waals surface area (Å²) in [5.41, 5.74) is 9.28. The number of phenolic OH excluding ortho intramolecular Hbond substituents is 1. The van der Waals surface area contributed by atoms with E-state index >= 15 is 0 Å². The van der Waals surface area contributed by atoms with Crippen LogP contribution < -0.4 is 4.57 Å². The Kier molecular flexibility index (Phi) is 6.91. The molecular formula is C37H38NO+. The minimum atomic E-state index is -0.232. The highest BCUT2D eigenvalue weighted by atomic mass is 16.3. The number of phenols is 1. The molecule has 0 saturated carbocycles. The number of rotatable bonds is 4. The molecule has 4 aromatic carbocycles. The Labute approximate surface area is 233 Å². The molecule has 0 aliphatic carbocycles. The Bertz CT molecular complexity index is 1490. The Morgan fingerprint density at radius 2 is 0.821 bits per heavy atom. The quantitative estimate of drug-likeness (QED) is 0.238. The molecule has 0 atom stereocenters. The van der Waals surface area contributed by atoms with E-state index in [4.69, 9.17) is 0 Å². The van der Waals surface area contributed by atoms with Gasteiger partial charge in [0.2, 0.25) is 17.1 Å². The molecule has 1 N–H and O–H groups in total. The fourth-order valence-corrected chi connectivity index (χ4v) is 5.21. The lowest BCUT2D eigenvalue weighted by atomic mass is 9.79. The molecule has 0 amide bonds. The maximum Gasteiger partial charge on any atom is 0.219 e. The highest BCUT2D eigenvalue weighted by Crippen LogP contribution is 2.41. The van der Waals surface area contributed by atoms with E-state index < -0.39 is 0 Å². The van der Waals surface area contributed by atoms with E-state index in [2.05, 4.69) is 161 Å². The number of nitrogens with zero attached hydrogens (tertiary/aromatic N) is 1. The summed E-state index contributed by atoms with van der Waals surface area (Å²) in [6, 6.07) is 40.7. The molecule has 5 aromatic rings. The third-order valence-corrected chi connectivity index (χ3v) is 7.28. The maximum absolute atomic E-state index is 11.5. The van der Waals surface area contributed by atoms with E-state index in [1.165, 1.54) is 5.56 Å². The third-order valence-electron chi connectivity index (χ3n) is 7.28. The Morgan fingerprint density at radius 3 is 1.18 bits per heavy atom. The van der Waals surface area contributed by atoms with Gasteiger partial charge < -0.3 is 5.11 Å². The van der Waals surface area contributed by atoms with Crippen LogP contribution in [0.3, 0.4) is 0 Å². The van der Waals surface area contributed by atoms with Gasteiger partial charge in [-0.2, -0.15) is 4.57 Å². The Hall–Kier alpha value is -4.17. The van der Waals surface area contributed by atoms with Crippen LogP contribution in [-0.2, 0) is 10.8 Å². The first kappa shape index (κ1) is 26.4. The molecule has 0 radical (unpaired) electrons. The van der Waals surface area contributed by atoms with E-state index in [0.717, 1.165) is 44.9 Å². The second-order valence-corrected chi connectivity index (χ2v) is 12.3. The molecule has 196 valence electrons. The summed E-state index contributed by atoms with van der Waals surface area (Å²) in [5.74, 6) is 0.391. The number of hydrogen-bond acceptors (Lipinski definition) is 1. The van der Waals surface area contributed by atoms with Crippen LogP contribution in [0.5, 0.6) is 5.75 Å². The summed E-state index contributed by atoms with van der Waals surface area (Å²) in [6.45, 7) is 13.0. The van der Waals surface area contributed by atoms with Gasteiger partial charge in [-0.05, 0) is 46.2 Å². The van der Waals surface area contributed by atoms with E-state index in [9.17, 15) is 5.11 Å². The lowest BCUT2D eigenvalue weighted by molar-refractivity contribution is -0.572. The van der Waals surface area contributed by atoms with Crippen molar-refractivity contribution in [2.75, 3.05) is 0 Å². The second kappa shape index (κ2) is 10.2. The molecule has 0 bridgehead atoms. The van der Waals surface area contributed by atoms with Crippen molar-refractivity contribution < 1.29 is 9.67 Å². The van der Waals surface area contributed by atoms with Gasteiger partial charge in [-0.25, -0.2) is 0 Å². The minimum Gasteiger partial charge on any atom is -0.507 e. The van der Waals surface area contributed by atoms with Crippen molar-refractivity contribution in [3.63, 3.8) is 0 Å². The van der Waals surface area contributed by atoms with Crippen LogP contribution >= 0.6 is 0 Å². The van der Waals surface area contributed by atoms with Crippen molar-refractivity contribution in [1.82, 2.24) is 0 Å². The zero-order chi connectivity index (χ0) is 27.8. The maximum atomic E-state index is 11.5. The fourth-order valence-electron chi connectivity index (χ4n) is 5.21. The topological polar surface area (TPSA) is 24.1 Å². The molecule has 0 fully saturated rings. The van der Waals surface area contributed by atoms with Gasteiger partial charge in [-0.15, -0.1) is 0 Å². The molecule has 0 unspecified atom stereocenters.